The van der Waals surface area contributed by atoms with Crippen molar-refractivity contribution in [3.63, 3.8) is 0 Å². The Labute approximate surface area is 127 Å². The molecule has 1 aromatic heterocycles. The van der Waals surface area contributed by atoms with E-state index in [1.54, 1.807) is 7.11 Å². The van der Waals surface area contributed by atoms with Gasteiger partial charge in [0, 0.05) is 32.1 Å². The number of anilines is 1. The third-order valence-corrected chi connectivity index (χ3v) is 3.68. The molecule has 0 bridgehead atoms. The lowest BCUT2D eigenvalue weighted by molar-refractivity contribution is 0.190. The Morgan fingerprint density at radius 3 is 2.71 bits per heavy atom. The van der Waals surface area contributed by atoms with E-state index in [0.29, 0.717) is 12.5 Å². The van der Waals surface area contributed by atoms with E-state index in [-0.39, 0.29) is 6.04 Å². The first-order chi connectivity index (χ1) is 10.2. The van der Waals surface area contributed by atoms with E-state index < -0.39 is 0 Å². The standard InChI is InChI=1S/C17H25N3O/c1-14(16-7-5-4-6-8-16)9-11-20-12-10-18-17(20)19-15(2)13-21-3/h4-8,10,12,14-15H,9,11,13H2,1-3H3,(H,18,19). The molecule has 114 valence electrons. The zero-order chi connectivity index (χ0) is 15.1. The van der Waals surface area contributed by atoms with Crippen molar-refractivity contribution in [1.29, 1.82) is 0 Å². The minimum absolute atomic E-state index is 0.252. The van der Waals surface area contributed by atoms with Crippen LogP contribution in [0.3, 0.4) is 0 Å². The van der Waals surface area contributed by atoms with Crippen molar-refractivity contribution in [2.75, 3.05) is 19.0 Å². The van der Waals surface area contributed by atoms with Crippen LogP contribution in [0.15, 0.2) is 42.7 Å². The van der Waals surface area contributed by atoms with Crippen LogP contribution >= 0.6 is 0 Å². The number of methoxy groups -OCH3 is 1. The fourth-order valence-corrected chi connectivity index (χ4v) is 2.42. The molecule has 2 unspecified atom stereocenters. The molecule has 2 rings (SSSR count). The maximum absolute atomic E-state index is 5.15. The first-order valence-electron chi connectivity index (χ1n) is 7.52. The summed E-state index contributed by atoms with van der Waals surface area (Å²) in [7, 11) is 1.71. The molecule has 1 N–H and O–H groups in total. The number of hydrogen-bond donors (Lipinski definition) is 1. The predicted molar refractivity (Wildman–Crippen MR) is 86.7 cm³/mol. The van der Waals surface area contributed by atoms with Gasteiger partial charge in [-0.1, -0.05) is 37.3 Å². The molecule has 0 saturated heterocycles. The first-order valence-corrected chi connectivity index (χ1v) is 7.52. The van der Waals surface area contributed by atoms with Gasteiger partial charge in [-0.2, -0.15) is 0 Å². The second kappa shape index (κ2) is 7.84. The Morgan fingerprint density at radius 1 is 1.24 bits per heavy atom. The van der Waals surface area contributed by atoms with Gasteiger partial charge in [0.25, 0.3) is 0 Å². The summed E-state index contributed by atoms with van der Waals surface area (Å²) in [5.74, 6) is 1.46. The molecule has 2 aromatic rings. The van der Waals surface area contributed by atoms with Gasteiger partial charge in [-0.15, -0.1) is 0 Å². The van der Waals surface area contributed by atoms with Crippen LogP contribution in [-0.2, 0) is 11.3 Å². The monoisotopic (exact) mass is 287 g/mol. The summed E-state index contributed by atoms with van der Waals surface area (Å²) >= 11 is 0. The highest BCUT2D eigenvalue weighted by Gasteiger charge is 2.09. The highest BCUT2D eigenvalue weighted by molar-refractivity contribution is 5.27. The molecule has 2 atom stereocenters. The van der Waals surface area contributed by atoms with Crippen molar-refractivity contribution in [1.82, 2.24) is 9.55 Å². The average Bonchev–Trinajstić information content (AvgIpc) is 2.93. The van der Waals surface area contributed by atoms with Crippen molar-refractivity contribution >= 4 is 5.95 Å². The van der Waals surface area contributed by atoms with E-state index in [9.17, 15) is 0 Å². The molecule has 0 amide bonds. The molecule has 1 heterocycles. The lowest BCUT2D eigenvalue weighted by atomic mass is 9.98. The second-order valence-electron chi connectivity index (χ2n) is 5.55. The Bertz CT molecular complexity index is 524. The van der Waals surface area contributed by atoms with Crippen LogP contribution in [0.25, 0.3) is 0 Å². The number of benzene rings is 1. The van der Waals surface area contributed by atoms with E-state index in [1.165, 1.54) is 5.56 Å². The maximum atomic E-state index is 5.15. The zero-order valence-electron chi connectivity index (χ0n) is 13.1. The molecule has 0 spiro atoms. The Balaban J connectivity index is 1.90. The fraction of sp³-hybridized carbons (Fsp3) is 0.471. The van der Waals surface area contributed by atoms with Gasteiger partial charge in [-0.05, 0) is 24.8 Å². The molecular formula is C17H25N3O. The number of aryl methyl sites for hydroxylation is 1. The SMILES string of the molecule is COCC(C)Nc1nccn1CCC(C)c1ccccc1. The van der Waals surface area contributed by atoms with Gasteiger partial charge in [0.1, 0.15) is 0 Å². The van der Waals surface area contributed by atoms with Crippen molar-refractivity contribution in [3.05, 3.63) is 48.3 Å². The number of ether oxygens (including phenoxy) is 1. The number of imidazole rings is 1. The predicted octanol–water partition coefficient (Wildman–Crippen LogP) is 3.52. The highest BCUT2D eigenvalue weighted by Crippen LogP contribution is 2.20. The van der Waals surface area contributed by atoms with Crippen LogP contribution in [0, 0.1) is 0 Å². The lowest BCUT2D eigenvalue weighted by Crippen LogP contribution is -2.23. The van der Waals surface area contributed by atoms with Crippen LogP contribution in [0.5, 0.6) is 0 Å². The van der Waals surface area contributed by atoms with Gasteiger partial charge in [-0.25, -0.2) is 4.98 Å². The average molecular weight is 287 g/mol. The first kappa shape index (κ1) is 15.6. The molecule has 0 saturated carbocycles. The summed E-state index contributed by atoms with van der Waals surface area (Å²) in [6.45, 7) is 5.99. The van der Waals surface area contributed by atoms with Crippen molar-refractivity contribution in [2.24, 2.45) is 0 Å². The summed E-state index contributed by atoms with van der Waals surface area (Å²) in [5, 5.41) is 3.38. The second-order valence-corrected chi connectivity index (χ2v) is 5.55. The molecule has 0 aliphatic rings. The molecular weight excluding hydrogens is 262 g/mol. The normalized spacial score (nSPS) is 13.9. The van der Waals surface area contributed by atoms with E-state index in [4.69, 9.17) is 4.74 Å². The quantitative estimate of drug-likeness (QED) is 0.807. The summed E-state index contributed by atoms with van der Waals surface area (Å²) in [6.07, 6.45) is 4.96. The van der Waals surface area contributed by atoms with Gasteiger partial charge >= 0.3 is 0 Å². The minimum atomic E-state index is 0.252. The number of rotatable bonds is 8. The molecule has 21 heavy (non-hydrogen) atoms. The summed E-state index contributed by atoms with van der Waals surface area (Å²) in [5.41, 5.74) is 1.39. The van der Waals surface area contributed by atoms with Crippen LogP contribution in [0.2, 0.25) is 0 Å². The summed E-state index contributed by atoms with van der Waals surface area (Å²) < 4.78 is 7.32. The topological polar surface area (TPSA) is 39.1 Å². The third kappa shape index (κ3) is 4.60. The van der Waals surface area contributed by atoms with Crippen LogP contribution in [0.4, 0.5) is 5.95 Å². The third-order valence-electron chi connectivity index (χ3n) is 3.68. The molecule has 4 nitrogen and oxygen atoms in total. The van der Waals surface area contributed by atoms with Gasteiger partial charge in [-0.3, -0.25) is 0 Å². The summed E-state index contributed by atoms with van der Waals surface area (Å²) in [6, 6.07) is 10.9. The number of hydrogen-bond acceptors (Lipinski definition) is 3. The zero-order valence-corrected chi connectivity index (χ0v) is 13.1. The van der Waals surface area contributed by atoms with Crippen LogP contribution in [-0.4, -0.2) is 29.3 Å². The number of nitrogens with zero attached hydrogens (tertiary/aromatic N) is 2. The molecule has 0 aliphatic carbocycles. The Hall–Kier alpha value is -1.81. The Kier molecular flexibility index (Phi) is 5.81. The van der Waals surface area contributed by atoms with Crippen molar-refractivity contribution < 1.29 is 4.74 Å². The van der Waals surface area contributed by atoms with E-state index in [0.717, 1.165) is 18.9 Å². The van der Waals surface area contributed by atoms with E-state index >= 15 is 0 Å². The van der Waals surface area contributed by atoms with Gasteiger partial charge < -0.3 is 14.6 Å². The van der Waals surface area contributed by atoms with Crippen LogP contribution in [0.1, 0.15) is 31.7 Å². The van der Waals surface area contributed by atoms with Gasteiger partial charge in [0.2, 0.25) is 5.95 Å². The molecule has 0 radical (unpaired) electrons. The smallest absolute Gasteiger partial charge is 0.203 e. The maximum Gasteiger partial charge on any atom is 0.203 e. The van der Waals surface area contributed by atoms with Gasteiger partial charge in [0.15, 0.2) is 0 Å². The van der Waals surface area contributed by atoms with E-state index in [1.807, 2.05) is 12.4 Å². The van der Waals surface area contributed by atoms with Crippen LogP contribution < -0.4 is 5.32 Å². The molecule has 0 fully saturated rings. The highest BCUT2D eigenvalue weighted by atomic mass is 16.5. The molecule has 0 aliphatic heterocycles. The van der Waals surface area contributed by atoms with Crippen molar-refractivity contribution in [2.45, 2.75) is 38.8 Å². The number of nitrogens with one attached hydrogen (secondary N) is 1. The molecule has 4 heteroatoms. The fourth-order valence-electron chi connectivity index (χ4n) is 2.42. The lowest BCUT2D eigenvalue weighted by Gasteiger charge is -2.17. The number of aromatic nitrogens is 2. The minimum Gasteiger partial charge on any atom is -0.383 e. The largest absolute Gasteiger partial charge is 0.383 e. The van der Waals surface area contributed by atoms with Crippen molar-refractivity contribution in [3.8, 4) is 0 Å². The van der Waals surface area contributed by atoms with E-state index in [2.05, 4.69) is 59.0 Å². The summed E-state index contributed by atoms with van der Waals surface area (Å²) in [4.78, 5) is 4.39. The van der Waals surface area contributed by atoms with Gasteiger partial charge in [0.05, 0.1) is 6.61 Å². The molecule has 1 aromatic carbocycles. The Morgan fingerprint density at radius 2 is 2.00 bits per heavy atom.